The number of aliphatic hydroxyl groups is 1. The van der Waals surface area contributed by atoms with Crippen molar-refractivity contribution in [1.29, 1.82) is 0 Å². The number of aryl methyl sites for hydroxylation is 1. The lowest BCUT2D eigenvalue weighted by atomic mass is 10.2. The average Bonchev–Trinajstić information content (AvgIpc) is 2.64. The molecule has 2 N–H and O–H groups in total. The number of aliphatic hydroxyl groups excluding tert-OH is 1. The molecule has 0 unspecified atom stereocenters. The van der Waals surface area contributed by atoms with Gasteiger partial charge in [0.2, 0.25) is 0 Å². The summed E-state index contributed by atoms with van der Waals surface area (Å²) >= 11 is 4.88. The van der Waals surface area contributed by atoms with Gasteiger partial charge in [-0.05, 0) is 47.3 Å². The van der Waals surface area contributed by atoms with Crippen LogP contribution in [0.5, 0.6) is 0 Å². The molecule has 17 heavy (non-hydrogen) atoms. The smallest absolute Gasteiger partial charge is 0.261 e. The quantitative estimate of drug-likeness (QED) is 0.759. The molecule has 1 amide bonds. The molecule has 5 heteroatoms. The normalized spacial score (nSPS) is 10.5. The highest BCUT2D eigenvalue weighted by Crippen LogP contribution is 2.27. The number of nitrogens with one attached hydrogen (secondary N) is 1. The molecule has 0 fully saturated rings. The van der Waals surface area contributed by atoms with E-state index in [9.17, 15) is 4.79 Å². The van der Waals surface area contributed by atoms with E-state index < -0.39 is 0 Å². The SMILES string of the molecule is Cc1cc(C(=O)NCCCCCCO)sc1Br. The fourth-order valence-electron chi connectivity index (χ4n) is 1.45. The molecule has 96 valence electrons. The van der Waals surface area contributed by atoms with Crippen molar-refractivity contribution in [2.45, 2.75) is 32.6 Å². The Morgan fingerprint density at radius 1 is 1.41 bits per heavy atom. The van der Waals surface area contributed by atoms with Crippen LogP contribution >= 0.6 is 27.3 Å². The molecule has 1 heterocycles. The Labute approximate surface area is 114 Å². The molecule has 0 aliphatic heterocycles. The molecule has 1 aromatic rings. The Morgan fingerprint density at radius 3 is 2.71 bits per heavy atom. The average molecular weight is 320 g/mol. The minimum atomic E-state index is 0.00552. The summed E-state index contributed by atoms with van der Waals surface area (Å²) < 4.78 is 1.02. The van der Waals surface area contributed by atoms with Gasteiger partial charge in [0.25, 0.3) is 5.91 Å². The van der Waals surface area contributed by atoms with Crippen molar-refractivity contribution >= 4 is 33.2 Å². The second-order valence-electron chi connectivity index (χ2n) is 3.96. The Bertz CT molecular complexity index is 346. The summed E-state index contributed by atoms with van der Waals surface area (Å²) in [7, 11) is 0. The summed E-state index contributed by atoms with van der Waals surface area (Å²) in [5.41, 5.74) is 1.10. The summed E-state index contributed by atoms with van der Waals surface area (Å²) in [5.74, 6) is 0.00552. The third-order valence-corrected chi connectivity index (χ3v) is 4.59. The lowest BCUT2D eigenvalue weighted by Crippen LogP contribution is -2.23. The van der Waals surface area contributed by atoms with Gasteiger partial charge in [-0.15, -0.1) is 11.3 Å². The van der Waals surface area contributed by atoms with Crippen LogP contribution in [0.25, 0.3) is 0 Å². The van der Waals surface area contributed by atoms with Crippen LogP contribution in [0.3, 0.4) is 0 Å². The Morgan fingerprint density at radius 2 is 2.12 bits per heavy atom. The molecule has 0 aromatic carbocycles. The zero-order valence-electron chi connectivity index (χ0n) is 9.96. The molecule has 0 atom stereocenters. The monoisotopic (exact) mass is 319 g/mol. The molecule has 1 aromatic heterocycles. The van der Waals surface area contributed by atoms with E-state index in [-0.39, 0.29) is 12.5 Å². The predicted molar refractivity (Wildman–Crippen MR) is 74.6 cm³/mol. The van der Waals surface area contributed by atoms with Crippen molar-refractivity contribution in [1.82, 2.24) is 5.32 Å². The fraction of sp³-hybridized carbons (Fsp3) is 0.583. The van der Waals surface area contributed by atoms with Crippen molar-refractivity contribution in [3.05, 3.63) is 20.3 Å². The molecule has 0 spiro atoms. The first-order valence-corrected chi connectivity index (χ1v) is 7.41. The topological polar surface area (TPSA) is 49.3 Å². The third-order valence-electron chi connectivity index (χ3n) is 2.45. The second-order valence-corrected chi connectivity index (χ2v) is 6.33. The summed E-state index contributed by atoms with van der Waals surface area (Å²) in [6, 6.07) is 1.90. The van der Waals surface area contributed by atoms with Gasteiger partial charge in [0, 0.05) is 13.2 Å². The van der Waals surface area contributed by atoms with Gasteiger partial charge in [0.1, 0.15) is 0 Å². The van der Waals surface area contributed by atoms with E-state index in [1.807, 2.05) is 13.0 Å². The predicted octanol–water partition coefficient (Wildman–Crippen LogP) is 3.10. The van der Waals surface area contributed by atoms with Crippen LogP contribution in [0.1, 0.15) is 40.9 Å². The zero-order chi connectivity index (χ0) is 12.7. The van der Waals surface area contributed by atoms with E-state index in [0.29, 0.717) is 6.54 Å². The third kappa shape index (κ3) is 5.19. The van der Waals surface area contributed by atoms with Crippen molar-refractivity contribution in [2.75, 3.05) is 13.2 Å². The molecule has 0 aliphatic rings. The summed E-state index contributed by atoms with van der Waals surface area (Å²) in [6.45, 7) is 2.94. The molecule has 0 saturated heterocycles. The lowest BCUT2D eigenvalue weighted by Gasteiger charge is -2.02. The molecule has 0 saturated carbocycles. The minimum absolute atomic E-state index is 0.00552. The lowest BCUT2D eigenvalue weighted by molar-refractivity contribution is 0.0957. The number of thiophene rings is 1. The first-order valence-electron chi connectivity index (χ1n) is 5.80. The van der Waals surface area contributed by atoms with Crippen LogP contribution in [0.4, 0.5) is 0 Å². The van der Waals surface area contributed by atoms with Crippen molar-refractivity contribution in [2.24, 2.45) is 0 Å². The van der Waals surface area contributed by atoms with Gasteiger partial charge in [0.05, 0.1) is 8.66 Å². The van der Waals surface area contributed by atoms with Gasteiger partial charge in [0.15, 0.2) is 0 Å². The molecule has 0 bridgehead atoms. The van der Waals surface area contributed by atoms with Crippen LogP contribution in [0, 0.1) is 6.92 Å². The summed E-state index contributed by atoms with van der Waals surface area (Å²) in [5, 5.41) is 11.5. The van der Waals surface area contributed by atoms with Gasteiger partial charge < -0.3 is 10.4 Å². The fourth-order valence-corrected chi connectivity index (χ4v) is 2.90. The molecular formula is C12H18BrNO2S. The zero-order valence-corrected chi connectivity index (χ0v) is 12.4. The molecular weight excluding hydrogens is 302 g/mol. The van der Waals surface area contributed by atoms with E-state index in [2.05, 4.69) is 21.2 Å². The van der Waals surface area contributed by atoms with E-state index in [1.165, 1.54) is 11.3 Å². The van der Waals surface area contributed by atoms with Gasteiger partial charge in [-0.2, -0.15) is 0 Å². The number of unbranched alkanes of at least 4 members (excludes halogenated alkanes) is 3. The number of halogens is 1. The van der Waals surface area contributed by atoms with Crippen LogP contribution in [-0.4, -0.2) is 24.2 Å². The van der Waals surface area contributed by atoms with Gasteiger partial charge in [-0.25, -0.2) is 0 Å². The van der Waals surface area contributed by atoms with E-state index in [0.717, 1.165) is 39.9 Å². The number of hydrogen-bond donors (Lipinski definition) is 2. The Hall–Kier alpha value is -0.390. The largest absolute Gasteiger partial charge is 0.396 e. The highest BCUT2D eigenvalue weighted by molar-refractivity contribution is 9.11. The van der Waals surface area contributed by atoms with Crippen molar-refractivity contribution < 1.29 is 9.90 Å². The van der Waals surface area contributed by atoms with Crippen LogP contribution in [0.2, 0.25) is 0 Å². The summed E-state index contributed by atoms with van der Waals surface area (Å²) in [6.07, 6.45) is 3.90. The van der Waals surface area contributed by atoms with Crippen molar-refractivity contribution in [3.8, 4) is 0 Å². The minimum Gasteiger partial charge on any atom is -0.396 e. The number of rotatable bonds is 7. The first-order chi connectivity index (χ1) is 8.15. The second kappa shape index (κ2) is 7.84. The molecule has 0 aliphatic carbocycles. The number of carbonyl (C=O) groups excluding carboxylic acids is 1. The highest BCUT2D eigenvalue weighted by Gasteiger charge is 2.10. The molecule has 0 radical (unpaired) electrons. The Balaban J connectivity index is 2.21. The maximum atomic E-state index is 11.7. The number of amides is 1. The van der Waals surface area contributed by atoms with E-state index >= 15 is 0 Å². The van der Waals surface area contributed by atoms with E-state index in [4.69, 9.17) is 5.11 Å². The molecule has 1 rings (SSSR count). The van der Waals surface area contributed by atoms with Gasteiger partial charge in [-0.3, -0.25) is 4.79 Å². The number of hydrogen-bond acceptors (Lipinski definition) is 3. The standard InChI is InChI=1S/C12H18BrNO2S/c1-9-8-10(17-11(9)13)12(16)14-6-4-2-3-5-7-15/h8,15H,2-7H2,1H3,(H,14,16). The van der Waals surface area contributed by atoms with Crippen LogP contribution in [0.15, 0.2) is 9.85 Å². The molecule has 3 nitrogen and oxygen atoms in total. The number of carbonyl (C=O) groups is 1. The van der Waals surface area contributed by atoms with Crippen LogP contribution in [-0.2, 0) is 0 Å². The van der Waals surface area contributed by atoms with Crippen molar-refractivity contribution in [3.63, 3.8) is 0 Å². The maximum Gasteiger partial charge on any atom is 0.261 e. The maximum absolute atomic E-state index is 11.7. The first kappa shape index (κ1) is 14.7. The van der Waals surface area contributed by atoms with Gasteiger partial charge in [-0.1, -0.05) is 12.8 Å². The van der Waals surface area contributed by atoms with E-state index in [1.54, 1.807) is 0 Å². The highest BCUT2D eigenvalue weighted by atomic mass is 79.9. The summed E-state index contributed by atoms with van der Waals surface area (Å²) in [4.78, 5) is 12.5. The Kier molecular flexibility index (Phi) is 6.77. The van der Waals surface area contributed by atoms with Crippen LogP contribution < -0.4 is 5.32 Å². The van der Waals surface area contributed by atoms with Gasteiger partial charge >= 0.3 is 0 Å².